The van der Waals surface area contributed by atoms with Crippen molar-refractivity contribution in [1.82, 2.24) is 0 Å². The van der Waals surface area contributed by atoms with Gasteiger partial charge in [-0.1, -0.05) is 39.5 Å². The molecule has 0 rings (SSSR count). The molecule has 0 saturated heterocycles. The lowest BCUT2D eigenvalue weighted by molar-refractivity contribution is 0.615. The van der Waals surface area contributed by atoms with Gasteiger partial charge in [0.05, 0.1) is 0 Å². The van der Waals surface area contributed by atoms with Crippen LogP contribution in [0.4, 0.5) is 0 Å². The Balaban J connectivity index is 3.74. The molecule has 0 bridgehead atoms. The van der Waals surface area contributed by atoms with Crippen LogP contribution >= 0.6 is 21.6 Å². The molecule has 2 atom stereocenters. The van der Waals surface area contributed by atoms with Crippen LogP contribution in [0.3, 0.4) is 0 Å². The summed E-state index contributed by atoms with van der Waals surface area (Å²) in [5, 5.41) is 11.7. The van der Waals surface area contributed by atoms with E-state index >= 15 is 0 Å². The normalized spacial score (nSPS) is 16.3. The van der Waals surface area contributed by atoms with Crippen LogP contribution in [0.5, 0.6) is 0 Å². The zero-order valence-electron chi connectivity index (χ0n) is 8.66. The average molecular weight is 219 g/mol. The largest absolute Gasteiger partial charge is 0.186 e. The van der Waals surface area contributed by atoms with Gasteiger partial charge in [-0.3, -0.25) is 0 Å². The Labute approximate surface area is 90.1 Å². The number of unbranched alkanes of at least 4 members (excludes halogenated alkanes) is 2. The molecule has 0 aromatic heterocycles. The molecular weight excluding hydrogens is 198 g/mol. The summed E-state index contributed by atoms with van der Waals surface area (Å²) in [4.78, 5) is 0. The van der Waals surface area contributed by atoms with Crippen molar-refractivity contribution in [2.45, 2.75) is 57.6 Å². The second-order valence-corrected chi connectivity index (χ2v) is 6.30. The Kier molecular flexibility index (Phi) is 8.90. The molecule has 0 aromatic carbocycles. The lowest BCUT2D eigenvalue weighted by Gasteiger charge is -2.19. The highest BCUT2D eigenvalue weighted by Crippen LogP contribution is 2.39. The van der Waals surface area contributed by atoms with Crippen LogP contribution in [-0.2, 0) is 0 Å². The highest BCUT2D eigenvalue weighted by molar-refractivity contribution is 8.80. The first-order chi connectivity index (χ1) is 6.26. The van der Waals surface area contributed by atoms with Gasteiger partial charge in [0, 0.05) is 5.25 Å². The van der Waals surface area contributed by atoms with E-state index in [1.807, 2.05) is 0 Å². The standard InChI is InChI=1S/C10H21NS2/c1-3-5-6-8-10(7-4-2)13(12)9-11/h10,12-13H,3-8H2,1-2H3. The first kappa shape index (κ1) is 13.2. The molecule has 0 spiro atoms. The Morgan fingerprint density at radius 2 is 1.92 bits per heavy atom. The third-order valence-corrected chi connectivity index (χ3v) is 4.87. The summed E-state index contributed by atoms with van der Waals surface area (Å²) in [7, 11) is -0.664. The first-order valence-electron chi connectivity index (χ1n) is 5.14. The Morgan fingerprint density at radius 1 is 1.23 bits per heavy atom. The summed E-state index contributed by atoms with van der Waals surface area (Å²) in [6.45, 7) is 4.39. The van der Waals surface area contributed by atoms with Crippen molar-refractivity contribution >= 4 is 21.6 Å². The molecule has 0 saturated carbocycles. The molecular formula is C10H21NS2. The van der Waals surface area contributed by atoms with Crippen LogP contribution in [-0.4, -0.2) is 5.25 Å². The van der Waals surface area contributed by atoms with Crippen molar-refractivity contribution in [1.29, 1.82) is 5.26 Å². The second kappa shape index (κ2) is 8.77. The van der Waals surface area contributed by atoms with Crippen molar-refractivity contribution in [3.05, 3.63) is 0 Å². The SMILES string of the molecule is CCCCCC(CCC)[SH](S)C#N. The number of hydrogen-bond donors (Lipinski definition) is 2. The minimum Gasteiger partial charge on any atom is -0.186 e. The lowest BCUT2D eigenvalue weighted by Crippen LogP contribution is -2.04. The van der Waals surface area contributed by atoms with Crippen LogP contribution < -0.4 is 0 Å². The van der Waals surface area contributed by atoms with E-state index < -0.39 is 9.93 Å². The van der Waals surface area contributed by atoms with Gasteiger partial charge >= 0.3 is 0 Å². The van der Waals surface area contributed by atoms with E-state index in [-0.39, 0.29) is 0 Å². The smallest absolute Gasteiger partial charge is 0.120 e. The van der Waals surface area contributed by atoms with Crippen LogP contribution in [0.15, 0.2) is 0 Å². The van der Waals surface area contributed by atoms with E-state index in [2.05, 4.69) is 30.9 Å². The second-order valence-electron chi connectivity index (χ2n) is 3.38. The molecule has 0 fully saturated rings. The van der Waals surface area contributed by atoms with Crippen LogP contribution in [0, 0.1) is 10.7 Å². The zero-order valence-corrected chi connectivity index (χ0v) is 10.5. The fraction of sp³-hybridized carbons (Fsp3) is 0.900. The van der Waals surface area contributed by atoms with Gasteiger partial charge < -0.3 is 0 Å². The molecule has 0 radical (unpaired) electrons. The molecule has 0 amide bonds. The van der Waals surface area contributed by atoms with Gasteiger partial charge in [-0.2, -0.15) is 5.26 Å². The molecule has 0 aromatic rings. The molecule has 2 unspecified atom stereocenters. The van der Waals surface area contributed by atoms with Crippen LogP contribution in [0.2, 0.25) is 0 Å². The zero-order chi connectivity index (χ0) is 10.1. The van der Waals surface area contributed by atoms with Gasteiger partial charge in [0.15, 0.2) is 0 Å². The number of thiocyanates is 1. The summed E-state index contributed by atoms with van der Waals surface area (Å²) in [5.41, 5.74) is 0. The third kappa shape index (κ3) is 6.29. The first-order valence-corrected chi connectivity index (χ1v) is 7.70. The number of rotatable bonds is 7. The fourth-order valence-electron chi connectivity index (χ4n) is 1.43. The summed E-state index contributed by atoms with van der Waals surface area (Å²) in [6, 6.07) is 0. The van der Waals surface area contributed by atoms with Crippen molar-refractivity contribution in [2.75, 3.05) is 0 Å². The molecule has 0 N–H and O–H groups in total. The van der Waals surface area contributed by atoms with E-state index in [0.717, 1.165) is 0 Å². The Bertz CT molecular complexity index is 153. The topological polar surface area (TPSA) is 23.8 Å². The minimum atomic E-state index is -0.664. The van der Waals surface area contributed by atoms with E-state index in [0.29, 0.717) is 5.25 Å². The van der Waals surface area contributed by atoms with Gasteiger partial charge in [0.25, 0.3) is 0 Å². The molecule has 3 heteroatoms. The predicted octanol–water partition coefficient (Wildman–Crippen LogP) is 4.06. The lowest BCUT2D eigenvalue weighted by atomic mass is 10.1. The predicted molar refractivity (Wildman–Crippen MR) is 66.4 cm³/mol. The van der Waals surface area contributed by atoms with Crippen molar-refractivity contribution in [3.8, 4) is 5.40 Å². The fourth-order valence-corrected chi connectivity index (χ4v) is 3.22. The average Bonchev–Trinajstić information content (AvgIpc) is 2.16. The maximum Gasteiger partial charge on any atom is 0.120 e. The number of hydrogen-bond acceptors (Lipinski definition) is 2. The maximum atomic E-state index is 8.79. The van der Waals surface area contributed by atoms with Crippen LogP contribution in [0.25, 0.3) is 0 Å². The van der Waals surface area contributed by atoms with E-state index in [1.54, 1.807) is 0 Å². The van der Waals surface area contributed by atoms with Gasteiger partial charge in [-0.25, -0.2) is 0 Å². The highest BCUT2D eigenvalue weighted by Gasteiger charge is 2.12. The summed E-state index contributed by atoms with van der Waals surface area (Å²) < 4.78 is 0. The molecule has 78 valence electrons. The molecule has 0 heterocycles. The van der Waals surface area contributed by atoms with Gasteiger partial charge in [0.2, 0.25) is 0 Å². The number of thiol groups is 2. The quantitative estimate of drug-likeness (QED) is 0.287. The van der Waals surface area contributed by atoms with Gasteiger partial charge in [-0.05, 0) is 12.8 Å². The summed E-state index contributed by atoms with van der Waals surface area (Å²) in [5.74, 6) is 0. The number of nitriles is 1. The Morgan fingerprint density at radius 3 is 2.38 bits per heavy atom. The van der Waals surface area contributed by atoms with E-state index in [1.165, 1.54) is 38.5 Å². The molecule has 0 aliphatic rings. The molecule has 1 nitrogen and oxygen atoms in total. The van der Waals surface area contributed by atoms with Crippen molar-refractivity contribution < 1.29 is 0 Å². The Hall–Kier alpha value is 0.190. The van der Waals surface area contributed by atoms with E-state index in [4.69, 9.17) is 5.26 Å². The van der Waals surface area contributed by atoms with Crippen molar-refractivity contribution in [2.24, 2.45) is 0 Å². The highest BCUT2D eigenvalue weighted by atomic mass is 33.1. The molecule has 0 aliphatic carbocycles. The number of nitrogens with zero attached hydrogens (tertiary/aromatic N) is 1. The van der Waals surface area contributed by atoms with Crippen LogP contribution in [0.1, 0.15) is 52.4 Å². The maximum absolute atomic E-state index is 8.79. The van der Waals surface area contributed by atoms with Gasteiger partial charge in [-0.15, -0.1) is 21.6 Å². The van der Waals surface area contributed by atoms with E-state index in [9.17, 15) is 0 Å². The molecule has 13 heavy (non-hydrogen) atoms. The third-order valence-electron chi connectivity index (χ3n) is 2.21. The van der Waals surface area contributed by atoms with Gasteiger partial charge in [0.1, 0.15) is 5.40 Å². The van der Waals surface area contributed by atoms with Crippen molar-refractivity contribution in [3.63, 3.8) is 0 Å². The summed E-state index contributed by atoms with van der Waals surface area (Å²) >= 11 is 4.36. The minimum absolute atomic E-state index is 0.569. The molecule has 0 aliphatic heterocycles. The summed E-state index contributed by atoms with van der Waals surface area (Å²) in [6.07, 6.45) is 7.37. The monoisotopic (exact) mass is 219 g/mol.